The van der Waals surface area contributed by atoms with Gasteiger partial charge in [0.05, 0.1) is 0 Å². The van der Waals surface area contributed by atoms with Crippen LogP contribution < -0.4 is 0 Å². The normalized spacial score (nSPS) is 10.1. The van der Waals surface area contributed by atoms with Crippen molar-refractivity contribution in [3.05, 3.63) is 35.9 Å². The van der Waals surface area contributed by atoms with Crippen molar-refractivity contribution in [3.8, 4) is 0 Å². The van der Waals surface area contributed by atoms with Crippen molar-refractivity contribution in [1.82, 2.24) is 0 Å². The van der Waals surface area contributed by atoms with Crippen molar-refractivity contribution in [2.75, 3.05) is 0 Å². The van der Waals surface area contributed by atoms with Crippen LogP contribution in [0.15, 0.2) is 30.3 Å². The van der Waals surface area contributed by atoms with Crippen molar-refractivity contribution < 1.29 is 21.0 Å². The van der Waals surface area contributed by atoms with E-state index in [9.17, 15) is 0 Å². The average Bonchev–Trinajstić information content (AvgIpc) is 2.34. The van der Waals surface area contributed by atoms with Crippen molar-refractivity contribution in [2.45, 2.75) is 26.2 Å². The van der Waals surface area contributed by atoms with Crippen LogP contribution in [0.5, 0.6) is 0 Å². The zero-order chi connectivity index (χ0) is 11.4. The Morgan fingerprint density at radius 1 is 1.00 bits per heavy atom. The Balaban J connectivity index is 0. The Morgan fingerprint density at radius 3 is 1.79 bits per heavy atom. The van der Waals surface area contributed by atoms with E-state index in [0.29, 0.717) is 5.92 Å². The summed E-state index contributed by atoms with van der Waals surface area (Å²) < 4.78 is 0. The van der Waals surface area contributed by atoms with Gasteiger partial charge in [-0.05, 0) is 17.9 Å². The Kier molecular flexibility index (Phi) is 13.4. The molecule has 0 fully saturated rings. The van der Waals surface area contributed by atoms with Gasteiger partial charge in [0.1, 0.15) is 0 Å². The summed E-state index contributed by atoms with van der Waals surface area (Å²) in [4.78, 5) is 0. The minimum atomic E-state index is 0.709. The van der Waals surface area contributed by atoms with Crippen LogP contribution in [0, 0.1) is 0 Å². The van der Waals surface area contributed by atoms with Gasteiger partial charge in [-0.15, -0.1) is 0 Å². The van der Waals surface area contributed by atoms with Crippen LogP contribution in [0.4, 0.5) is 0 Å². The molecule has 0 bridgehead atoms. The first kappa shape index (κ1) is 15.5. The molecule has 0 amide bonds. The molecule has 0 radical (unpaired) electrons. The van der Waals surface area contributed by atoms with E-state index in [1.807, 2.05) is 0 Å². The lowest BCUT2D eigenvalue weighted by molar-refractivity contribution is -0.176. The third-order valence-corrected chi connectivity index (χ3v) is 1.98. The average molecular weight is 202 g/mol. The van der Waals surface area contributed by atoms with E-state index in [4.69, 9.17) is 21.0 Å². The summed E-state index contributed by atoms with van der Waals surface area (Å²) >= 11 is 0. The maximum Gasteiger partial charge on any atom is -0.0193 e. The van der Waals surface area contributed by atoms with Gasteiger partial charge in [-0.2, -0.15) is 0 Å². The topological polar surface area (TPSA) is 80.9 Å². The van der Waals surface area contributed by atoms with Crippen LogP contribution in [0.1, 0.15) is 31.7 Å². The molecule has 4 nitrogen and oxygen atoms in total. The van der Waals surface area contributed by atoms with Crippen molar-refractivity contribution in [1.29, 1.82) is 0 Å². The third kappa shape index (κ3) is 6.56. The van der Waals surface area contributed by atoms with E-state index in [-0.39, 0.29) is 0 Å². The maximum atomic E-state index is 6.00. The predicted molar refractivity (Wildman–Crippen MR) is 55.7 cm³/mol. The highest BCUT2D eigenvalue weighted by Crippen LogP contribution is 2.16. The van der Waals surface area contributed by atoms with E-state index in [0.717, 1.165) is 0 Å². The lowest BCUT2D eigenvalue weighted by Gasteiger charge is -2.06. The van der Waals surface area contributed by atoms with Crippen LogP contribution in [0.25, 0.3) is 0 Å². The lowest BCUT2D eigenvalue weighted by Crippen LogP contribution is -1.88. The minimum Gasteiger partial charge on any atom is -0.255 e. The minimum absolute atomic E-state index is 0.709. The fraction of sp³-hybridized carbons (Fsp3) is 0.400. The van der Waals surface area contributed by atoms with Gasteiger partial charge in [-0.3, -0.25) is 21.0 Å². The maximum absolute atomic E-state index is 6.00. The Morgan fingerprint density at radius 2 is 1.43 bits per heavy atom. The summed E-state index contributed by atoms with van der Waals surface area (Å²) in [6.07, 6.45) is 1.23. The van der Waals surface area contributed by atoms with E-state index >= 15 is 0 Å². The number of hydrogen-bond acceptors (Lipinski definition) is 4. The molecule has 0 saturated carbocycles. The largest absolute Gasteiger partial charge is 0.255 e. The molecule has 0 heterocycles. The molecule has 1 unspecified atom stereocenters. The van der Waals surface area contributed by atoms with Crippen molar-refractivity contribution >= 4 is 0 Å². The highest BCUT2D eigenvalue weighted by Gasteiger charge is 1.98. The first-order valence-corrected chi connectivity index (χ1v) is 4.29. The van der Waals surface area contributed by atoms with Crippen LogP contribution in [-0.2, 0) is 0 Å². The molecule has 0 aromatic heterocycles. The van der Waals surface area contributed by atoms with E-state index in [2.05, 4.69) is 44.2 Å². The smallest absolute Gasteiger partial charge is 0.0193 e. The number of hydrogen-bond donors (Lipinski definition) is 4. The summed E-state index contributed by atoms with van der Waals surface area (Å²) in [6.45, 7) is 4.48. The van der Waals surface area contributed by atoms with E-state index in [1.165, 1.54) is 12.0 Å². The zero-order valence-electron chi connectivity index (χ0n) is 8.46. The van der Waals surface area contributed by atoms with Gasteiger partial charge in [0, 0.05) is 0 Å². The third-order valence-electron chi connectivity index (χ3n) is 1.98. The van der Waals surface area contributed by atoms with Crippen LogP contribution in [0.3, 0.4) is 0 Å². The Hall–Kier alpha value is -0.940. The lowest BCUT2D eigenvalue weighted by atomic mass is 9.99. The number of benzene rings is 1. The SMILES string of the molecule is CCC(C)c1ccccc1.OO.OO. The molecule has 0 saturated heterocycles. The summed E-state index contributed by atoms with van der Waals surface area (Å²) in [5.74, 6) is 0.709. The van der Waals surface area contributed by atoms with E-state index < -0.39 is 0 Å². The molecule has 1 aromatic carbocycles. The van der Waals surface area contributed by atoms with Crippen molar-refractivity contribution in [3.63, 3.8) is 0 Å². The fourth-order valence-corrected chi connectivity index (χ4v) is 1.02. The van der Waals surface area contributed by atoms with Crippen LogP contribution in [0.2, 0.25) is 0 Å². The standard InChI is InChI=1S/C10H14.2H2O2/c1-3-9(2)10-7-5-4-6-8-10;2*1-2/h4-9H,3H2,1-2H3;2*1-2H. The molecule has 0 aliphatic rings. The van der Waals surface area contributed by atoms with E-state index in [1.54, 1.807) is 0 Å². The first-order valence-electron chi connectivity index (χ1n) is 4.29. The molecule has 0 aliphatic heterocycles. The predicted octanol–water partition coefficient (Wildman–Crippen LogP) is 3.23. The molecule has 1 atom stereocenters. The molecule has 82 valence electrons. The molecule has 4 heteroatoms. The van der Waals surface area contributed by atoms with Gasteiger partial charge >= 0.3 is 0 Å². The summed E-state index contributed by atoms with van der Waals surface area (Å²) in [5, 5.41) is 24.0. The van der Waals surface area contributed by atoms with Gasteiger partial charge in [0.2, 0.25) is 0 Å². The molecule has 0 spiro atoms. The number of rotatable bonds is 2. The second kappa shape index (κ2) is 12.1. The summed E-state index contributed by atoms with van der Waals surface area (Å²) in [6, 6.07) is 10.6. The molecule has 1 aromatic rings. The Labute approximate surface area is 83.9 Å². The quantitative estimate of drug-likeness (QED) is 0.438. The molecular weight excluding hydrogens is 184 g/mol. The van der Waals surface area contributed by atoms with Gasteiger partial charge in [0.15, 0.2) is 0 Å². The van der Waals surface area contributed by atoms with Crippen LogP contribution in [-0.4, -0.2) is 21.0 Å². The molecule has 0 aliphatic carbocycles. The van der Waals surface area contributed by atoms with Crippen LogP contribution >= 0.6 is 0 Å². The molecular formula is C10H18O4. The first-order chi connectivity index (χ1) is 6.84. The second-order valence-electron chi connectivity index (χ2n) is 2.72. The molecule has 14 heavy (non-hydrogen) atoms. The molecule has 4 N–H and O–H groups in total. The highest BCUT2D eigenvalue weighted by molar-refractivity contribution is 5.18. The summed E-state index contributed by atoms with van der Waals surface area (Å²) in [7, 11) is 0. The Bertz CT molecular complexity index is 189. The fourth-order valence-electron chi connectivity index (χ4n) is 1.02. The van der Waals surface area contributed by atoms with Gasteiger partial charge < -0.3 is 0 Å². The molecule has 1 rings (SSSR count). The summed E-state index contributed by atoms with van der Waals surface area (Å²) in [5.41, 5.74) is 1.45. The van der Waals surface area contributed by atoms with Gasteiger partial charge in [-0.25, -0.2) is 0 Å². The zero-order valence-corrected chi connectivity index (χ0v) is 8.46. The van der Waals surface area contributed by atoms with Gasteiger partial charge in [-0.1, -0.05) is 44.2 Å². The second-order valence-corrected chi connectivity index (χ2v) is 2.72. The monoisotopic (exact) mass is 202 g/mol. The van der Waals surface area contributed by atoms with Crippen molar-refractivity contribution in [2.24, 2.45) is 0 Å². The highest BCUT2D eigenvalue weighted by atomic mass is 17.0. The van der Waals surface area contributed by atoms with Gasteiger partial charge in [0.25, 0.3) is 0 Å².